The van der Waals surface area contributed by atoms with Gasteiger partial charge in [-0.25, -0.2) is 4.79 Å². The first kappa shape index (κ1) is 24.9. The van der Waals surface area contributed by atoms with E-state index in [1.54, 1.807) is 37.5 Å². The molecule has 38 heavy (non-hydrogen) atoms. The number of benzene rings is 2. The fourth-order valence-electron chi connectivity index (χ4n) is 6.95. The molecule has 1 spiro atoms. The van der Waals surface area contributed by atoms with Crippen LogP contribution < -0.4 is 15.2 Å². The maximum atomic E-state index is 13.6. The normalized spacial score (nSPS) is 29.4. The van der Waals surface area contributed by atoms with E-state index in [2.05, 4.69) is 4.90 Å². The smallest absolute Gasteiger partial charge is 0.357 e. The second-order valence-corrected chi connectivity index (χ2v) is 10.5. The molecule has 0 radical (unpaired) electrons. The van der Waals surface area contributed by atoms with Gasteiger partial charge < -0.3 is 34.7 Å². The zero-order chi connectivity index (χ0) is 26.7. The van der Waals surface area contributed by atoms with Crippen molar-refractivity contribution in [1.29, 1.82) is 0 Å². The first-order chi connectivity index (χ1) is 18.3. The fourth-order valence-corrected chi connectivity index (χ4v) is 6.95. The van der Waals surface area contributed by atoms with Gasteiger partial charge in [0.15, 0.2) is 17.6 Å². The van der Waals surface area contributed by atoms with Crippen molar-refractivity contribution in [2.75, 3.05) is 27.2 Å². The summed E-state index contributed by atoms with van der Waals surface area (Å²) < 4.78 is 23.7. The first-order valence-electron chi connectivity index (χ1n) is 13.0. The topological polar surface area (TPSA) is 121 Å². The zero-order valence-corrected chi connectivity index (χ0v) is 21.5. The van der Waals surface area contributed by atoms with Crippen molar-refractivity contribution < 1.29 is 33.6 Å². The van der Waals surface area contributed by atoms with Crippen molar-refractivity contribution in [3.05, 3.63) is 71.0 Å². The average Bonchev–Trinajstić information content (AvgIpc) is 3.27. The largest absolute Gasteiger partial charge is 0.493 e. The van der Waals surface area contributed by atoms with Crippen LogP contribution in [0.5, 0.6) is 11.5 Å². The predicted octanol–water partition coefficient (Wildman–Crippen LogP) is 2.15. The minimum atomic E-state index is -1.26. The number of ether oxygens (including phenoxy) is 4. The molecule has 6 rings (SSSR count). The van der Waals surface area contributed by atoms with Crippen LogP contribution in [-0.2, 0) is 30.9 Å². The number of rotatable bonds is 7. The van der Waals surface area contributed by atoms with E-state index in [0.717, 1.165) is 17.7 Å². The van der Waals surface area contributed by atoms with Gasteiger partial charge in [-0.3, -0.25) is 4.79 Å². The predicted molar refractivity (Wildman–Crippen MR) is 137 cm³/mol. The number of carbonyl (C=O) groups is 2. The number of likely N-dealkylation sites (N-methyl/N-ethyl adjacent to an activating group) is 1. The maximum absolute atomic E-state index is 13.6. The van der Waals surface area contributed by atoms with Crippen molar-refractivity contribution >= 4 is 11.9 Å². The molecule has 2 aliphatic carbocycles. The molecule has 2 aliphatic heterocycles. The summed E-state index contributed by atoms with van der Waals surface area (Å²) in [6.07, 6.45) is 1.34. The van der Waals surface area contributed by atoms with Crippen LogP contribution in [0.1, 0.15) is 42.1 Å². The van der Waals surface area contributed by atoms with Gasteiger partial charge in [-0.1, -0.05) is 36.4 Å². The van der Waals surface area contributed by atoms with Gasteiger partial charge in [0, 0.05) is 30.1 Å². The molecule has 2 aromatic rings. The number of hydrogen-bond acceptors (Lipinski definition) is 9. The standard InChI is InChI=1S/C29H32N2O7/c1-31-15-13-28-23-18-8-9-19(35-2)25(23)38-26(28)20(10-12-29(28,34)21(31)16-18)36-27(33)24(37-22(32)11-14-30)17-6-4-3-5-7-17/h3-10,21,24,26,34H,11-16,30H2,1-2H3/t21-,24+,26+,28+,29-/m1/s1. The molecule has 0 amide bonds. The molecular weight excluding hydrogens is 488 g/mol. The average molecular weight is 521 g/mol. The van der Waals surface area contributed by atoms with Crippen molar-refractivity contribution in [3.63, 3.8) is 0 Å². The molecule has 0 saturated carbocycles. The highest BCUT2D eigenvalue weighted by molar-refractivity contribution is 5.82. The Hall–Kier alpha value is -3.40. The molecule has 200 valence electrons. The molecule has 0 unspecified atom stereocenters. The third-order valence-corrected chi connectivity index (χ3v) is 8.69. The van der Waals surface area contributed by atoms with E-state index in [0.29, 0.717) is 42.1 Å². The number of esters is 2. The van der Waals surface area contributed by atoms with Gasteiger partial charge in [-0.2, -0.15) is 0 Å². The second-order valence-electron chi connectivity index (χ2n) is 10.5. The number of nitrogens with two attached hydrogens (primary N) is 1. The van der Waals surface area contributed by atoms with Crippen LogP contribution in [0, 0.1) is 0 Å². The Labute approximate surface area is 221 Å². The summed E-state index contributed by atoms with van der Waals surface area (Å²) in [5, 5.41) is 12.3. The number of piperidine rings is 1. The van der Waals surface area contributed by atoms with Crippen LogP contribution in [0.4, 0.5) is 0 Å². The van der Waals surface area contributed by atoms with Crippen molar-refractivity contribution in [1.82, 2.24) is 4.90 Å². The molecule has 4 aliphatic rings. The summed E-state index contributed by atoms with van der Waals surface area (Å²) in [5.74, 6) is 0.157. The molecule has 9 nitrogen and oxygen atoms in total. The molecule has 5 atom stereocenters. The van der Waals surface area contributed by atoms with E-state index in [1.807, 2.05) is 25.2 Å². The van der Waals surface area contributed by atoms with Crippen molar-refractivity contribution in [2.45, 2.75) is 54.9 Å². The number of aliphatic hydroxyl groups is 1. The Morgan fingerprint density at radius 1 is 1.24 bits per heavy atom. The molecule has 2 aromatic carbocycles. The molecule has 2 bridgehead atoms. The highest BCUT2D eigenvalue weighted by Crippen LogP contribution is 2.65. The monoisotopic (exact) mass is 520 g/mol. The summed E-state index contributed by atoms with van der Waals surface area (Å²) in [6.45, 7) is 0.864. The molecule has 1 fully saturated rings. The summed E-state index contributed by atoms with van der Waals surface area (Å²) in [4.78, 5) is 28.1. The van der Waals surface area contributed by atoms with Gasteiger partial charge in [0.05, 0.1) is 24.5 Å². The molecule has 2 heterocycles. The van der Waals surface area contributed by atoms with E-state index in [1.165, 1.54) is 0 Å². The van der Waals surface area contributed by atoms with Crippen LogP contribution in [0.3, 0.4) is 0 Å². The summed E-state index contributed by atoms with van der Waals surface area (Å²) >= 11 is 0. The van der Waals surface area contributed by atoms with Gasteiger partial charge in [-0.15, -0.1) is 0 Å². The summed E-state index contributed by atoms with van der Waals surface area (Å²) in [6, 6.07) is 12.6. The molecule has 0 aromatic heterocycles. The van der Waals surface area contributed by atoms with E-state index in [4.69, 9.17) is 24.7 Å². The second kappa shape index (κ2) is 9.11. The third kappa shape index (κ3) is 3.42. The lowest BCUT2D eigenvalue weighted by Crippen LogP contribution is -2.74. The molecule has 1 saturated heterocycles. The van der Waals surface area contributed by atoms with E-state index in [9.17, 15) is 14.7 Å². The lowest BCUT2D eigenvalue weighted by molar-refractivity contribution is -0.176. The van der Waals surface area contributed by atoms with E-state index in [-0.39, 0.29) is 19.0 Å². The van der Waals surface area contributed by atoms with Crippen LogP contribution in [0.25, 0.3) is 0 Å². The Morgan fingerprint density at radius 2 is 2.03 bits per heavy atom. The minimum Gasteiger partial charge on any atom is -0.493 e. The quantitative estimate of drug-likeness (QED) is 0.529. The highest BCUT2D eigenvalue weighted by atomic mass is 16.6. The number of methoxy groups -OCH3 is 1. The minimum absolute atomic E-state index is 0.0199. The molecule has 9 heteroatoms. The number of hydrogen-bond donors (Lipinski definition) is 2. The van der Waals surface area contributed by atoms with E-state index >= 15 is 0 Å². The summed E-state index contributed by atoms with van der Waals surface area (Å²) in [7, 11) is 3.62. The third-order valence-electron chi connectivity index (χ3n) is 8.69. The lowest BCUT2D eigenvalue weighted by atomic mass is 9.50. The number of likely N-dealkylation sites (tertiary alicyclic amines) is 1. The summed E-state index contributed by atoms with van der Waals surface area (Å²) in [5.41, 5.74) is 6.14. The van der Waals surface area contributed by atoms with E-state index < -0.39 is 35.2 Å². The van der Waals surface area contributed by atoms with Crippen molar-refractivity contribution in [3.8, 4) is 11.5 Å². The van der Waals surface area contributed by atoms with Gasteiger partial charge in [0.1, 0.15) is 5.76 Å². The molecule has 3 N–H and O–H groups in total. The SMILES string of the molecule is COc1ccc2c3c1O[C@H]1C(OC(=O)[C@@H](OC(=O)CCN)c4ccccc4)=CC[C@@]4(O)[C@@H](C2)N(C)CC[C@]314. The van der Waals surface area contributed by atoms with Gasteiger partial charge in [-0.05, 0) is 44.1 Å². The maximum Gasteiger partial charge on any atom is 0.357 e. The van der Waals surface area contributed by atoms with Crippen LogP contribution in [0.2, 0.25) is 0 Å². The van der Waals surface area contributed by atoms with Crippen LogP contribution >= 0.6 is 0 Å². The van der Waals surface area contributed by atoms with Crippen LogP contribution in [0.15, 0.2) is 54.3 Å². The van der Waals surface area contributed by atoms with Crippen LogP contribution in [-0.4, -0.2) is 66.9 Å². The van der Waals surface area contributed by atoms with Gasteiger partial charge in [0.2, 0.25) is 6.10 Å². The zero-order valence-electron chi connectivity index (χ0n) is 21.5. The van der Waals surface area contributed by atoms with Crippen molar-refractivity contribution in [2.24, 2.45) is 5.73 Å². The molecular formula is C29H32N2O7. The highest BCUT2D eigenvalue weighted by Gasteiger charge is 2.72. The first-order valence-corrected chi connectivity index (χ1v) is 13.0. The lowest BCUT2D eigenvalue weighted by Gasteiger charge is -2.61. The fraction of sp³-hybridized carbons (Fsp3) is 0.448. The Balaban J connectivity index is 1.39. The van der Waals surface area contributed by atoms with Gasteiger partial charge >= 0.3 is 11.9 Å². The van der Waals surface area contributed by atoms with Gasteiger partial charge in [0.25, 0.3) is 0 Å². The Bertz CT molecular complexity index is 1310. The number of nitrogens with zero attached hydrogens (tertiary/aromatic N) is 1. The Kier molecular flexibility index (Phi) is 5.97. The number of carbonyl (C=O) groups excluding carboxylic acids is 2. The Morgan fingerprint density at radius 3 is 2.76 bits per heavy atom.